The molecule has 5 heteroatoms. The lowest BCUT2D eigenvalue weighted by Gasteiger charge is -2.09. The van der Waals surface area contributed by atoms with E-state index in [1.807, 2.05) is 0 Å². The van der Waals surface area contributed by atoms with Crippen molar-refractivity contribution in [3.05, 3.63) is 29.8 Å². The summed E-state index contributed by atoms with van der Waals surface area (Å²) in [4.78, 5) is 0. The third kappa shape index (κ3) is 3.35. The van der Waals surface area contributed by atoms with Crippen LogP contribution in [0.25, 0.3) is 0 Å². The van der Waals surface area contributed by atoms with Crippen molar-refractivity contribution in [2.75, 3.05) is 5.75 Å². The maximum Gasteiger partial charge on any atom is 0.265 e. The molecule has 1 aromatic rings. The van der Waals surface area contributed by atoms with E-state index in [1.54, 1.807) is 19.1 Å². The summed E-state index contributed by atoms with van der Waals surface area (Å²) in [5, 5.41) is 9.15. The van der Waals surface area contributed by atoms with Gasteiger partial charge in [0.25, 0.3) is 10.1 Å². The van der Waals surface area contributed by atoms with Crippen LogP contribution in [0.2, 0.25) is 0 Å². The van der Waals surface area contributed by atoms with Gasteiger partial charge in [-0.2, -0.15) is 8.42 Å². The van der Waals surface area contributed by atoms with Crippen LogP contribution < -0.4 is 0 Å². The van der Waals surface area contributed by atoms with E-state index in [0.29, 0.717) is 5.56 Å². The monoisotopic (exact) mass is 216 g/mol. The summed E-state index contributed by atoms with van der Waals surface area (Å²) < 4.78 is 29.8. The maximum atomic E-state index is 10.6. The second kappa shape index (κ2) is 3.98. The Bertz CT molecular complexity index is 411. The third-order valence-electron chi connectivity index (χ3n) is 1.90. The van der Waals surface area contributed by atoms with Crippen molar-refractivity contribution in [3.8, 4) is 5.75 Å². The molecule has 0 aromatic heterocycles. The Hall–Kier alpha value is -1.07. The Morgan fingerprint density at radius 3 is 2.57 bits per heavy atom. The zero-order valence-corrected chi connectivity index (χ0v) is 8.53. The fourth-order valence-corrected chi connectivity index (χ4v) is 2.07. The van der Waals surface area contributed by atoms with Crippen LogP contribution in [-0.4, -0.2) is 23.8 Å². The molecular formula is C9H12O4S. The number of rotatable bonds is 3. The van der Waals surface area contributed by atoms with Gasteiger partial charge in [-0.1, -0.05) is 19.1 Å². The lowest BCUT2D eigenvalue weighted by molar-refractivity contribution is 0.471. The molecule has 0 fully saturated rings. The van der Waals surface area contributed by atoms with Crippen molar-refractivity contribution in [2.24, 2.45) is 0 Å². The van der Waals surface area contributed by atoms with Crippen LogP contribution >= 0.6 is 0 Å². The molecule has 0 aliphatic heterocycles. The molecule has 0 bridgehead atoms. The molecular weight excluding hydrogens is 204 g/mol. The van der Waals surface area contributed by atoms with E-state index in [2.05, 4.69) is 0 Å². The summed E-state index contributed by atoms with van der Waals surface area (Å²) in [7, 11) is -3.97. The largest absolute Gasteiger partial charge is 0.508 e. The van der Waals surface area contributed by atoms with Gasteiger partial charge in [0.15, 0.2) is 0 Å². The van der Waals surface area contributed by atoms with Crippen LogP contribution in [0.15, 0.2) is 24.3 Å². The molecule has 0 spiro atoms. The van der Waals surface area contributed by atoms with Crippen LogP contribution in [0.5, 0.6) is 5.75 Å². The van der Waals surface area contributed by atoms with Gasteiger partial charge in [0.05, 0.1) is 5.75 Å². The van der Waals surface area contributed by atoms with Gasteiger partial charge in [-0.15, -0.1) is 0 Å². The zero-order chi connectivity index (χ0) is 10.8. The van der Waals surface area contributed by atoms with Crippen molar-refractivity contribution in [1.82, 2.24) is 0 Å². The minimum Gasteiger partial charge on any atom is -0.508 e. The van der Waals surface area contributed by atoms with E-state index in [0.717, 1.165) is 0 Å². The predicted octanol–water partition coefficient (Wildman–Crippen LogP) is 1.38. The first-order valence-corrected chi connectivity index (χ1v) is 5.73. The highest BCUT2D eigenvalue weighted by molar-refractivity contribution is 7.85. The van der Waals surface area contributed by atoms with Gasteiger partial charge in [0.1, 0.15) is 5.75 Å². The number of aromatic hydroxyl groups is 1. The standard InChI is InChI=1S/C9H12O4S/c1-7(6-14(11,12)13)8-3-2-4-9(10)5-8/h2-5,7,10H,6H2,1H3,(H,11,12,13)/t7-/m1/s1. The average Bonchev–Trinajstić information content (AvgIpc) is 2.01. The first-order chi connectivity index (χ1) is 6.38. The Balaban J connectivity index is 2.85. The van der Waals surface area contributed by atoms with Crippen LogP contribution in [-0.2, 0) is 10.1 Å². The quantitative estimate of drug-likeness (QED) is 0.748. The Kier molecular flexibility index (Phi) is 3.13. The average molecular weight is 216 g/mol. The molecule has 1 atom stereocenters. The summed E-state index contributed by atoms with van der Waals surface area (Å²) in [5.74, 6) is -0.585. The van der Waals surface area contributed by atoms with Crippen molar-refractivity contribution >= 4 is 10.1 Å². The predicted molar refractivity (Wildman–Crippen MR) is 52.9 cm³/mol. The SMILES string of the molecule is C[C@H](CS(=O)(=O)O)c1cccc(O)c1. The van der Waals surface area contributed by atoms with E-state index in [4.69, 9.17) is 9.66 Å². The van der Waals surface area contributed by atoms with Gasteiger partial charge in [0, 0.05) is 0 Å². The molecule has 1 rings (SSSR count). The molecule has 4 nitrogen and oxygen atoms in total. The summed E-state index contributed by atoms with van der Waals surface area (Å²) in [6.07, 6.45) is 0. The fourth-order valence-electron chi connectivity index (χ4n) is 1.24. The molecule has 0 unspecified atom stereocenters. The van der Waals surface area contributed by atoms with Gasteiger partial charge >= 0.3 is 0 Å². The molecule has 0 saturated carbocycles. The normalized spacial score (nSPS) is 13.9. The van der Waals surface area contributed by atoms with Gasteiger partial charge in [-0.3, -0.25) is 4.55 Å². The van der Waals surface area contributed by atoms with E-state index in [-0.39, 0.29) is 17.4 Å². The second-order valence-electron chi connectivity index (χ2n) is 3.24. The van der Waals surface area contributed by atoms with Gasteiger partial charge in [-0.25, -0.2) is 0 Å². The van der Waals surface area contributed by atoms with Crippen molar-refractivity contribution < 1.29 is 18.1 Å². The molecule has 2 N–H and O–H groups in total. The highest BCUT2D eigenvalue weighted by Gasteiger charge is 2.14. The lowest BCUT2D eigenvalue weighted by atomic mass is 10.0. The number of benzene rings is 1. The van der Waals surface area contributed by atoms with Crippen molar-refractivity contribution in [3.63, 3.8) is 0 Å². The van der Waals surface area contributed by atoms with E-state index in [9.17, 15) is 8.42 Å². The molecule has 0 aliphatic carbocycles. The molecule has 0 radical (unpaired) electrons. The van der Waals surface area contributed by atoms with Crippen LogP contribution in [0, 0.1) is 0 Å². The summed E-state index contributed by atoms with van der Waals surface area (Å²) in [6.45, 7) is 1.67. The Labute approximate surface area is 82.9 Å². The Morgan fingerprint density at radius 2 is 2.07 bits per heavy atom. The Morgan fingerprint density at radius 1 is 1.43 bits per heavy atom. The van der Waals surface area contributed by atoms with E-state index < -0.39 is 10.1 Å². The molecule has 0 aliphatic rings. The minimum atomic E-state index is -3.97. The molecule has 0 saturated heterocycles. The maximum absolute atomic E-state index is 10.6. The minimum absolute atomic E-state index is 0.0877. The van der Waals surface area contributed by atoms with Crippen molar-refractivity contribution in [1.29, 1.82) is 0 Å². The first kappa shape index (κ1) is 11.0. The topological polar surface area (TPSA) is 74.6 Å². The fraction of sp³-hybridized carbons (Fsp3) is 0.333. The highest BCUT2D eigenvalue weighted by Crippen LogP contribution is 2.20. The van der Waals surface area contributed by atoms with E-state index in [1.165, 1.54) is 12.1 Å². The number of hydrogen-bond donors (Lipinski definition) is 2. The molecule has 14 heavy (non-hydrogen) atoms. The van der Waals surface area contributed by atoms with Gasteiger partial charge in [-0.05, 0) is 23.6 Å². The number of hydrogen-bond acceptors (Lipinski definition) is 3. The first-order valence-electron chi connectivity index (χ1n) is 4.12. The van der Waals surface area contributed by atoms with Crippen molar-refractivity contribution in [2.45, 2.75) is 12.8 Å². The second-order valence-corrected chi connectivity index (χ2v) is 4.74. The summed E-state index contributed by atoms with van der Waals surface area (Å²) in [5.41, 5.74) is 0.683. The number of phenolic OH excluding ortho intramolecular Hbond substituents is 1. The molecule has 0 amide bonds. The number of phenols is 1. The third-order valence-corrected chi connectivity index (χ3v) is 2.82. The molecule has 1 aromatic carbocycles. The smallest absolute Gasteiger partial charge is 0.265 e. The molecule has 78 valence electrons. The van der Waals surface area contributed by atoms with E-state index >= 15 is 0 Å². The van der Waals surface area contributed by atoms with Gasteiger partial charge in [0.2, 0.25) is 0 Å². The highest BCUT2D eigenvalue weighted by atomic mass is 32.2. The summed E-state index contributed by atoms with van der Waals surface area (Å²) >= 11 is 0. The lowest BCUT2D eigenvalue weighted by Crippen LogP contribution is -2.10. The zero-order valence-electron chi connectivity index (χ0n) is 7.71. The summed E-state index contributed by atoms with van der Waals surface area (Å²) in [6, 6.07) is 6.32. The van der Waals surface area contributed by atoms with Gasteiger partial charge < -0.3 is 5.11 Å². The van der Waals surface area contributed by atoms with Crippen LogP contribution in [0.3, 0.4) is 0 Å². The van der Waals surface area contributed by atoms with Crippen LogP contribution in [0.4, 0.5) is 0 Å². The van der Waals surface area contributed by atoms with Crippen LogP contribution in [0.1, 0.15) is 18.4 Å². The molecule has 0 heterocycles.